The van der Waals surface area contributed by atoms with Crippen LogP contribution in [-0.2, 0) is 22.6 Å². The highest BCUT2D eigenvalue weighted by Crippen LogP contribution is 2.38. The number of fused-ring (bicyclic) bond motifs is 1. The van der Waals surface area contributed by atoms with Crippen molar-refractivity contribution in [2.45, 2.75) is 31.5 Å². The number of hydrogen-bond acceptors (Lipinski definition) is 5. The topological polar surface area (TPSA) is 81.8 Å². The van der Waals surface area contributed by atoms with Crippen LogP contribution in [0, 0.1) is 0 Å². The summed E-state index contributed by atoms with van der Waals surface area (Å²) >= 11 is 0. The molecule has 5 rings (SSSR count). The van der Waals surface area contributed by atoms with Crippen molar-refractivity contribution >= 4 is 22.8 Å². The number of amides is 3. The standard InChI is InChI=1S/C25H29N5O3/c1-33-14-13-30-24(32)29(17-19-5-4-10-26-16-19)23(31)25(30)8-11-28(12-9-25)18-21-15-20-6-2-3-7-22(20)27-21/h2-7,10,15-16,27H,8-9,11-14,17-18H2,1H3. The highest BCUT2D eigenvalue weighted by molar-refractivity contribution is 6.07. The summed E-state index contributed by atoms with van der Waals surface area (Å²) in [5.74, 6) is -0.0993. The third-order valence-corrected chi connectivity index (χ3v) is 6.87. The predicted octanol–water partition coefficient (Wildman–Crippen LogP) is 3.01. The van der Waals surface area contributed by atoms with Crippen molar-refractivity contribution in [2.24, 2.45) is 0 Å². The fraction of sp³-hybridized carbons (Fsp3) is 0.400. The Morgan fingerprint density at radius 3 is 2.64 bits per heavy atom. The molecule has 0 radical (unpaired) electrons. The summed E-state index contributed by atoms with van der Waals surface area (Å²) in [6, 6.07) is 13.9. The predicted molar refractivity (Wildman–Crippen MR) is 124 cm³/mol. The van der Waals surface area contributed by atoms with Crippen molar-refractivity contribution < 1.29 is 14.3 Å². The van der Waals surface area contributed by atoms with Crippen LogP contribution in [0.15, 0.2) is 54.9 Å². The number of likely N-dealkylation sites (tertiary alicyclic amines) is 1. The van der Waals surface area contributed by atoms with Crippen LogP contribution in [0.4, 0.5) is 4.79 Å². The van der Waals surface area contributed by atoms with Crippen LogP contribution < -0.4 is 0 Å². The Kier molecular flexibility index (Phi) is 5.86. The number of rotatable bonds is 7. The maximum absolute atomic E-state index is 13.6. The van der Waals surface area contributed by atoms with E-state index in [4.69, 9.17) is 4.74 Å². The highest BCUT2D eigenvalue weighted by Gasteiger charge is 2.57. The van der Waals surface area contributed by atoms with Crippen molar-refractivity contribution in [3.8, 4) is 0 Å². The van der Waals surface area contributed by atoms with E-state index in [2.05, 4.69) is 33.1 Å². The largest absolute Gasteiger partial charge is 0.383 e. The Morgan fingerprint density at radius 2 is 1.91 bits per heavy atom. The van der Waals surface area contributed by atoms with Crippen LogP contribution in [0.5, 0.6) is 0 Å². The van der Waals surface area contributed by atoms with Crippen molar-refractivity contribution in [3.63, 3.8) is 0 Å². The summed E-state index contributed by atoms with van der Waals surface area (Å²) in [5, 5.41) is 1.20. The number of nitrogens with zero attached hydrogens (tertiary/aromatic N) is 4. The molecule has 33 heavy (non-hydrogen) atoms. The van der Waals surface area contributed by atoms with Gasteiger partial charge in [-0.2, -0.15) is 0 Å². The Bertz CT molecular complexity index is 1100. The average Bonchev–Trinajstić information content (AvgIpc) is 3.33. The van der Waals surface area contributed by atoms with Gasteiger partial charge in [-0.1, -0.05) is 24.3 Å². The number of hydrogen-bond donors (Lipinski definition) is 1. The summed E-state index contributed by atoms with van der Waals surface area (Å²) in [6.07, 6.45) is 4.62. The van der Waals surface area contributed by atoms with Crippen molar-refractivity contribution in [2.75, 3.05) is 33.4 Å². The Labute approximate surface area is 193 Å². The van der Waals surface area contributed by atoms with Gasteiger partial charge in [0.1, 0.15) is 5.54 Å². The lowest BCUT2D eigenvalue weighted by molar-refractivity contribution is -0.136. The lowest BCUT2D eigenvalue weighted by Gasteiger charge is -2.42. The summed E-state index contributed by atoms with van der Waals surface area (Å²) in [4.78, 5) is 40.0. The number of aromatic nitrogens is 2. The molecule has 0 aliphatic carbocycles. The summed E-state index contributed by atoms with van der Waals surface area (Å²) in [5.41, 5.74) is 2.35. The minimum atomic E-state index is -0.797. The number of ether oxygens (including phenoxy) is 1. The van der Waals surface area contributed by atoms with Gasteiger partial charge in [0.2, 0.25) is 0 Å². The van der Waals surface area contributed by atoms with Crippen molar-refractivity contribution in [1.29, 1.82) is 0 Å². The highest BCUT2D eigenvalue weighted by atomic mass is 16.5. The van der Waals surface area contributed by atoms with E-state index in [-0.39, 0.29) is 18.5 Å². The van der Waals surface area contributed by atoms with Gasteiger partial charge in [0.15, 0.2) is 0 Å². The molecular formula is C25H29N5O3. The summed E-state index contributed by atoms with van der Waals surface area (Å²) in [7, 11) is 1.62. The molecular weight excluding hydrogens is 418 g/mol. The number of benzene rings is 1. The number of urea groups is 1. The molecule has 3 amide bonds. The van der Waals surface area contributed by atoms with Crippen LogP contribution >= 0.6 is 0 Å². The number of piperidine rings is 1. The number of H-pyrrole nitrogens is 1. The molecule has 0 atom stereocenters. The van der Waals surface area contributed by atoms with Crippen LogP contribution in [0.3, 0.4) is 0 Å². The molecule has 2 aliphatic heterocycles. The van der Waals surface area contributed by atoms with Gasteiger partial charge in [-0.3, -0.25) is 19.6 Å². The van der Waals surface area contributed by atoms with E-state index in [9.17, 15) is 9.59 Å². The number of imide groups is 1. The number of nitrogens with one attached hydrogen (secondary N) is 1. The van der Waals surface area contributed by atoms with E-state index in [0.717, 1.165) is 36.4 Å². The summed E-state index contributed by atoms with van der Waals surface area (Å²) < 4.78 is 5.26. The second kappa shape index (κ2) is 8.96. The van der Waals surface area contributed by atoms with Gasteiger partial charge in [0.05, 0.1) is 13.2 Å². The van der Waals surface area contributed by atoms with Crippen molar-refractivity contribution in [3.05, 3.63) is 66.1 Å². The van der Waals surface area contributed by atoms with Crippen LogP contribution in [0.1, 0.15) is 24.1 Å². The van der Waals surface area contributed by atoms with E-state index in [1.165, 1.54) is 10.3 Å². The Morgan fingerprint density at radius 1 is 1.09 bits per heavy atom. The van der Waals surface area contributed by atoms with Crippen LogP contribution in [0.2, 0.25) is 0 Å². The lowest BCUT2D eigenvalue weighted by atomic mass is 9.85. The number of pyridine rings is 1. The van der Waals surface area contributed by atoms with Gasteiger partial charge in [0.25, 0.3) is 5.91 Å². The van der Waals surface area contributed by atoms with Crippen LogP contribution in [0.25, 0.3) is 10.9 Å². The first-order valence-electron chi connectivity index (χ1n) is 11.4. The van der Waals surface area contributed by atoms with E-state index in [1.807, 2.05) is 24.3 Å². The first-order chi connectivity index (χ1) is 16.1. The van der Waals surface area contributed by atoms with Gasteiger partial charge < -0.3 is 14.6 Å². The third kappa shape index (κ3) is 4.00. The molecule has 1 N–H and O–H groups in total. The molecule has 172 valence electrons. The van der Waals surface area contributed by atoms with Crippen molar-refractivity contribution in [1.82, 2.24) is 24.7 Å². The maximum Gasteiger partial charge on any atom is 0.328 e. The molecule has 2 fully saturated rings. The quantitative estimate of drug-likeness (QED) is 0.563. The van der Waals surface area contributed by atoms with E-state index >= 15 is 0 Å². The van der Waals surface area contributed by atoms with Gasteiger partial charge in [-0.25, -0.2) is 4.79 Å². The van der Waals surface area contributed by atoms with E-state index < -0.39 is 5.54 Å². The molecule has 0 unspecified atom stereocenters. The fourth-order valence-electron chi connectivity index (χ4n) is 5.11. The molecule has 8 nitrogen and oxygen atoms in total. The van der Waals surface area contributed by atoms with Crippen LogP contribution in [-0.4, -0.2) is 75.5 Å². The number of methoxy groups -OCH3 is 1. The number of aromatic amines is 1. The number of para-hydroxylation sites is 1. The first-order valence-corrected chi connectivity index (χ1v) is 11.4. The maximum atomic E-state index is 13.6. The molecule has 2 saturated heterocycles. The molecule has 1 spiro atoms. The van der Waals surface area contributed by atoms with Gasteiger partial charge in [-0.05, 0) is 42.0 Å². The summed E-state index contributed by atoms with van der Waals surface area (Å²) in [6.45, 7) is 3.35. The lowest BCUT2D eigenvalue weighted by Crippen LogP contribution is -2.57. The minimum Gasteiger partial charge on any atom is -0.383 e. The first kappa shape index (κ1) is 21.6. The normalized spacial score (nSPS) is 18.7. The fourth-order valence-corrected chi connectivity index (χ4v) is 5.11. The molecule has 1 aromatic carbocycles. The average molecular weight is 448 g/mol. The van der Waals surface area contributed by atoms with E-state index in [0.29, 0.717) is 26.0 Å². The molecule has 8 heteroatoms. The monoisotopic (exact) mass is 447 g/mol. The van der Waals surface area contributed by atoms with Gasteiger partial charge >= 0.3 is 6.03 Å². The molecule has 0 saturated carbocycles. The zero-order valence-electron chi connectivity index (χ0n) is 18.9. The molecule has 2 aliphatic rings. The Hall–Kier alpha value is -3.23. The second-order valence-corrected chi connectivity index (χ2v) is 8.87. The van der Waals surface area contributed by atoms with E-state index in [1.54, 1.807) is 24.4 Å². The number of carbonyl (C=O) groups is 2. The second-order valence-electron chi connectivity index (χ2n) is 8.87. The third-order valence-electron chi connectivity index (χ3n) is 6.87. The van der Waals surface area contributed by atoms with Gasteiger partial charge in [0, 0.05) is 56.9 Å². The minimum absolute atomic E-state index is 0.0993. The molecule has 0 bridgehead atoms. The molecule has 3 aromatic rings. The smallest absolute Gasteiger partial charge is 0.328 e. The molecule has 4 heterocycles. The number of carbonyl (C=O) groups excluding carboxylic acids is 2. The molecule has 2 aromatic heterocycles. The van der Waals surface area contributed by atoms with Gasteiger partial charge in [-0.15, -0.1) is 0 Å². The Balaban J connectivity index is 1.32. The zero-order valence-corrected chi connectivity index (χ0v) is 18.9. The zero-order chi connectivity index (χ0) is 22.8. The SMILES string of the molecule is COCCN1C(=O)N(Cc2cccnc2)C(=O)C12CCN(Cc1cc3ccccc3[nH]1)CC2.